The number of amides is 1. The van der Waals surface area contributed by atoms with Crippen molar-refractivity contribution >= 4 is 11.6 Å². The van der Waals surface area contributed by atoms with Gasteiger partial charge in [0.25, 0.3) is 5.91 Å². The van der Waals surface area contributed by atoms with E-state index in [0.717, 1.165) is 38.2 Å². The first-order valence-corrected chi connectivity index (χ1v) is 13.1. The number of hydrazine groups is 1. The maximum Gasteiger partial charge on any atom is 0.416 e. The molecule has 206 valence electrons. The smallest absolute Gasteiger partial charge is 0.416 e. The van der Waals surface area contributed by atoms with Crippen molar-refractivity contribution in [1.82, 2.24) is 9.91 Å². The second kappa shape index (κ2) is 11.3. The fourth-order valence-corrected chi connectivity index (χ4v) is 5.32. The van der Waals surface area contributed by atoms with Crippen LogP contribution in [0.2, 0.25) is 0 Å². The van der Waals surface area contributed by atoms with Crippen LogP contribution >= 0.6 is 0 Å². The van der Waals surface area contributed by atoms with Gasteiger partial charge in [0.05, 0.1) is 24.4 Å². The SMILES string of the molecule is COCCN1c2cccc(C)c2CN1C[C@H]1CCN(C(=O)c2ccc(Oc3ccc(C(F)(F)F)cc3)cc2)C1. The lowest BCUT2D eigenvalue weighted by Gasteiger charge is -2.32. The van der Waals surface area contributed by atoms with Crippen LogP contribution in [0.1, 0.15) is 33.5 Å². The highest BCUT2D eigenvalue weighted by Crippen LogP contribution is 2.35. The lowest BCUT2D eigenvalue weighted by atomic mass is 10.1. The van der Waals surface area contributed by atoms with Crippen molar-refractivity contribution in [3.05, 3.63) is 89.0 Å². The molecule has 0 unspecified atom stereocenters. The molecule has 1 saturated heterocycles. The molecule has 1 fully saturated rings. The highest BCUT2D eigenvalue weighted by atomic mass is 19.4. The molecule has 39 heavy (non-hydrogen) atoms. The third-order valence-corrected chi connectivity index (χ3v) is 7.41. The Morgan fingerprint density at radius 3 is 2.36 bits per heavy atom. The molecule has 2 heterocycles. The summed E-state index contributed by atoms with van der Waals surface area (Å²) in [7, 11) is 1.71. The van der Waals surface area contributed by atoms with E-state index < -0.39 is 11.7 Å². The minimum absolute atomic E-state index is 0.0321. The molecule has 1 atom stereocenters. The molecular formula is C30H32F3N3O3. The third-order valence-electron chi connectivity index (χ3n) is 7.41. The second-order valence-electron chi connectivity index (χ2n) is 10.1. The van der Waals surface area contributed by atoms with Crippen LogP contribution in [0.4, 0.5) is 18.9 Å². The van der Waals surface area contributed by atoms with Crippen LogP contribution in [0.3, 0.4) is 0 Å². The topological polar surface area (TPSA) is 45.2 Å². The van der Waals surface area contributed by atoms with Crippen molar-refractivity contribution in [2.45, 2.75) is 26.1 Å². The molecule has 9 heteroatoms. The summed E-state index contributed by atoms with van der Waals surface area (Å²) in [6, 6.07) is 17.6. The Labute approximate surface area is 226 Å². The summed E-state index contributed by atoms with van der Waals surface area (Å²) >= 11 is 0. The van der Waals surface area contributed by atoms with E-state index in [2.05, 4.69) is 35.1 Å². The van der Waals surface area contributed by atoms with Gasteiger partial charge in [-0.25, -0.2) is 5.01 Å². The zero-order valence-corrected chi connectivity index (χ0v) is 22.1. The molecular weight excluding hydrogens is 507 g/mol. The molecule has 3 aromatic rings. The van der Waals surface area contributed by atoms with Gasteiger partial charge >= 0.3 is 6.18 Å². The van der Waals surface area contributed by atoms with Crippen LogP contribution in [-0.2, 0) is 17.5 Å². The normalized spacial score (nSPS) is 17.5. The molecule has 0 aromatic heterocycles. The van der Waals surface area contributed by atoms with Gasteiger partial charge in [0.2, 0.25) is 0 Å². The quantitative estimate of drug-likeness (QED) is 0.344. The number of ether oxygens (including phenoxy) is 2. The van der Waals surface area contributed by atoms with Crippen LogP contribution in [0.15, 0.2) is 66.7 Å². The summed E-state index contributed by atoms with van der Waals surface area (Å²) in [5.74, 6) is 1.07. The predicted molar refractivity (Wildman–Crippen MR) is 143 cm³/mol. The minimum Gasteiger partial charge on any atom is -0.457 e. The average Bonchev–Trinajstić information content (AvgIpc) is 3.53. The monoisotopic (exact) mass is 539 g/mol. The first kappa shape index (κ1) is 27.0. The molecule has 0 radical (unpaired) electrons. The molecule has 5 rings (SSSR count). The first-order chi connectivity index (χ1) is 18.7. The third kappa shape index (κ3) is 6.04. The number of carbonyl (C=O) groups excluding carboxylic acids is 1. The van der Waals surface area contributed by atoms with Crippen molar-refractivity contribution in [3.8, 4) is 11.5 Å². The van der Waals surface area contributed by atoms with Crippen LogP contribution in [0, 0.1) is 12.8 Å². The van der Waals surface area contributed by atoms with E-state index in [1.807, 2.05) is 4.90 Å². The number of fused-ring (bicyclic) bond motifs is 1. The van der Waals surface area contributed by atoms with Gasteiger partial charge in [-0.15, -0.1) is 0 Å². The van der Waals surface area contributed by atoms with Crippen LogP contribution in [0.5, 0.6) is 11.5 Å². The van der Waals surface area contributed by atoms with Crippen molar-refractivity contribution < 1.29 is 27.4 Å². The maximum absolute atomic E-state index is 13.2. The van der Waals surface area contributed by atoms with E-state index in [1.54, 1.807) is 31.4 Å². The number of halogens is 3. The summed E-state index contributed by atoms with van der Waals surface area (Å²) in [5.41, 5.74) is 3.69. The van der Waals surface area contributed by atoms with E-state index in [1.165, 1.54) is 28.9 Å². The molecule has 6 nitrogen and oxygen atoms in total. The summed E-state index contributed by atoms with van der Waals surface area (Å²) in [5, 5.41) is 4.69. The Kier molecular flexibility index (Phi) is 7.81. The molecule has 2 aliphatic rings. The number of hydrogen-bond donors (Lipinski definition) is 0. The Balaban J connectivity index is 1.17. The molecule has 1 amide bonds. The molecule has 0 aliphatic carbocycles. The molecule has 0 bridgehead atoms. The number of anilines is 1. The fourth-order valence-electron chi connectivity index (χ4n) is 5.32. The average molecular weight is 540 g/mol. The Hall–Kier alpha value is -3.56. The van der Waals surface area contributed by atoms with Gasteiger partial charge in [-0.05, 0) is 85.0 Å². The number of aryl methyl sites for hydroxylation is 1. The zero-order chi connectivity index (χ0) is 27.6. The number of benzene rings is 3. The van der Waals surface area contributed by atoms with Crippen LogP contribution in [-0.4, -0.2) is 55.7 Å². The molecule has 3 aromatic carbocycles. The standard InChI is InChI=1S/C30H32F3N3O3/c1-21-4-3-5-28-27(21)20-35(36(28)16-17-38-2)19-22-14-15-34(18-22)29(37)23-6-10-25(11-7-23)39-26-12-8-24(9-13-26)30(31,32)33/h3-13,22H,14-20H2,1-2H3/t22-/m0/s1. The van der Waals surface area contributed by atoms with Gasteiger partial charge in [-0.1, -0.05) is 12.1 Å². The van der Waals surface area contributed by atoms with Gasteiger partial charge in [0.15, 0.2) is 0 Å². The molecule has 0 N–H and O–H groups in total. The van der Waals surface area contributed by atoms with Crippen molar-refractivity contribution in [1.29, 1.82) is 0 Å². The highest BCUT2D eigenvalue weighted by Gasteiger charge is 2.34. The van der Waals surface area contributed by atoms with E-state index in [0.29, 0.717) is 42.7 Å². The van der Waals surface area contributed by atoms with Gasteiger partial charge < -0.3 is 19.4 Å². The number of methoxy groups -OCH3 is 1. The van der Waals surface area contributed by atoms with Gasteiger partial charge in [0.1, 0.15) is 11.5 Å². The zero-order valence-electron chi connectivity index (χ0n) is 22.1. The van der Waals surface area contributed by atoms with Crippen LogP contribution < -0.4 is 9.75 Å². The predicted octanol–water partition coefficient (Wildman–Crippen LogP) is 6.15. The van der Waals surface area contributed by atoms with Crippen LogP contribution in [0.25, 0.3) is 0 Å². The summed E-state index contributed by atoms with van der Waals surface area (Å²) in [4.78, 5) is 15.1. The Morgan fingerprint density at radius 2 is 1.69 bits per heavy atom. The molecule has 0 saturated carbocycles. The minimum atomic E-state index is -4.39. The van der Waals surface area contributed by atoms with E-state index in [9.17, 15) is 18.0 Å². The number of alkyl halides is 3. The largest absolute Gasteiger partial charge is 0.457 e. The van der Waals surface area contributed by atoms with Crippen molar-refractivity contribution in [2.75, 3.05) is 44.9 Å². The number of hydrogen-bond acceptors (Lipinski definition) is 5. The summed E-state index contributed by atoms with van der Waals surface area (Å²) in [6.45, 7) is 6.67. The van der Waals surface area contributed by atoms with E-state index in [-0.39, 0.29) is 5.91 Å². The maximum atomic E-state index is 13.2. The molecule has 0 spiro atoms. The number of rotatable bonds is 8. The Bertz CT molecular complexity index is 1300. The van der Waals surface area contributed by atoms with E-state index >= 15 is 0 Å². The second-order valence-corrected chi connectivity index (χ2v) is 10.1. The summed E-state index contributed by atoms with van der Waals surface area (Å²) in [6.07, 6.45) is -3.46. The van der Waals surface area contributed by atoms with Crippen molar-refractivity contribution in [2.24, 2.45) is 5.92 Å². The number of carbonyl (C=O) groups is 1. The van der Waals surface area contributed by atoms with Crippen molar-refractivity contribution in [3.63, 3.8) is 0 Å². The summed E-state index contributed by atoms with van der Waals surface area (Å²) < 4.78 is 49.3. The van der Waals surface area contributed by atoms with Gasteiger partial charge in [-0.3, -0.25) is 4.79 Å². The van der Waals surface area contributed by atoms with Gasteiger partial charge in [-0.2, -0.15) is 13.2 Å². The lowest BCUT2D eigenvalue weighted by molar-refractivity contribution is -0.137. The number of likely N-dealkylation sites (tertiary alicyclic amines) is 1. The molecule has 2 aliphatic heterocycles. The first-order valence-electron chi connectivity index (χ1n) is 13.1. The fraction of sp³-hybridized carbons (Fsp3) is 0.367. The number of nitrogens with zero attached hydrogens (tertiary/aromatic N) is 3. The van der Waals surface area contributed by atoms with Gasteiger partial charge in [0, 0.05) is 38.9 Å². The Morgan fingerprint density at radius 1 is 1.00 bits per heavy atom. The van der Waals surface area contributed by atoms with E-state index in [4.69, 9.17) is 9.47 Å². The highest BCUT2D eigenvalue weighted by molar-refractivity contribution is 5.94. The lowest BCUT2D eigenvalue weighted by Crippen LogP contribution is -2.43.